The van der Waals surface area contributed by atoms with Gasteiger partial charge in [0, 0.05) is 12.1 Å². The van der Waals surface area contributed by atoms with Crippen LogP contribution in [0.1, 0.15) is 70.1 Å². The van der Waals surface area contributed by atoms with Crippen molar-refractivity contribution in [3.63, 3.8) is 0 Å². The van der Waals surface area contributed by atoms with Crippen molar-refractivity contribution in [2.45, 2.75) is 83.3 Å². The van der Waals surface area contributed by atoms with Crippen molar-refractivity contribution in [3.8, 4) is 11.6 Å². The molecule has 1 aliphatic rings. The van der Waals surface area contributed by atoms with Crippen molar-refractivity contribution in [3.05, 3.63) is 59.8 Å². The van der Waals surface area contributed by atoms with Crippen LogP contribution in [0, 0.1) is 5.92 Å². The summed E-state index contributed by atoms with van der Waals surface area (Å²) in [7, 11) is 1.52. The van der Waals surface area contributed by atoms with Crippen molar-refractivity contribution >= 4 is 17.1 Å². The molecule has 0 bridgehead atoms. The molecule has 9 nitrogen and oxygen atoms in total. The number of benzene rings is 1. The van der Waals surface area contributed by atoms with E-state index in [4.69, 9.17) is 14.2 Å². The Hall–Kier alpha value is -3.43. The molecule has 1 amide bonds. The van der Waals surface area contributed by atoms with Crippen LogP contribution in [0.5, 0.6) is 11.6 Å². The molecule has 4 unspecified atom stereocenters. The minimum absolute atomic E-state index is 0.0276. The average Bonchev–Trinajstić information content (AvgIpc) is 2.91. The number of fused-ring (bicyclic) bond motifs is 1. The van der Waals surface area contributed by atoms with Crippen LogP contribution in [0.25, 0.3) is 11.0 Å². The second-order valence-electron chi connectivity index (χ2n) is 11.1. The molecule has 210 valence electrons. The minimum atomic E-state index is -1.30. The summed E-state index contributed by atoms with van der Waals surface area (Å²) in [4.78, 5) is 21.5. The number of carbonyl (C=O) groups is 1. The lowest BCUT2D eigenvalue weighted by Gasteiger charge is -2.35. The minimum Gasteiger partial charge on any atom is -0.487 e. The third kappa shape index (κ3) is 7.58. The lowest BCUT2D eigenvalue weighted by Crippen LogP contribution is -2.45. The van der Waals surface area contributed by atoms with Crippen LogP contribution in [-0.2, 0) is 11.3 Å². The molecule has 0 spiro atoms. The first-order valence-electron chi connectivity index (χ1n) is 13.5. The Balaban J connectivity index is 1.58. The largest absolute Gasteiger partial charge is 0.487 e. The fourth-order valence-corrected chi connectivity index (χ4v) is 5.07. The molecule has 1 aromatic carbocycles. The molecular formula is C30H39N3O6. The summed E-state index contributed by atoms with van der Waals surface area (Å²) >= 11 is 0. The predicted molar refractivity (Wildman–Crippen MR) is 148 cm³/mol. The van der Waals surface area contributed by atoms with Crippen LogP contribution in [0.15, 0.2) is 48.7 Å². The van der Waals surface area contributed by atoms with Crippen LogP contribution >= 0.6 is 0 Å². The maximum Gasteiger partial charge on any atom is 0.407 e. The Kier molecular flexibility index (Phi) is 9.24. The highest BCUT2D eigenvalue weighted by atomic mass is 16.6. The Labute approximate surface area is 229 Å². The number of rotatable bonds is 9. The number of hydrogen-bond acceptors (Lipinski definition) is 8. The van der Waals surface area contributed by atoms with E-state index >= 15 is 0 Å². The van der Waals surface area contributed by atoms with E-state index in [1.165, 1.54) is 7.11 Å². The number of hydrogen-bond donors (Lipinski definition) is 3. The molecule has 4 rings (SSSR count). The van der Waals surface area contributed by atoms with Gasteiger partial charge in [-0.15, -0.1) is 0 Å². The van der Waals surface area contributed by atoms with Gasteiger partial charge in [-0.3, -0.25) is 4.98 Å². The van der Waals surface area contributed by atoms with Gasteiger partial charge in [-0.1, -0.05) is 43.2 Å². The van der Waals surface area contributed by atoms with Gasteiger partial charge in [0.05, 0.1) is 30.5 Å². The Bertz CT molecular complexity index is 1250. The molecule has 0 radical (unpaired) electrons. The molecule has 9 heteroatoms. The number of aromatic nitrogens is 2. The van der Waals surface area contributed by atoms with E-state index in [0.29, 0.717) is 28.2 Å². The normalized spacial score (nSPS) is 19.2. The first kappa shape index (κ1) is 28.6. The number of aliphatic hydroxyl groups is 2. The molecule has 0 saturated heterocycles. The van der Waals surface area contributed by atoms with E-state index in [1.54, 1.807) is 18.3 Å². The number of pyridine rings is 2. The first-order valence-corrected chi connectivity index (χ1v) is 13.5. The van der Waals surface area contributed by atoms with E-state index in [9.17, 15) is 15.0 Å². The van der Waals surface area contributed by atoms with Gasteiger partial charge in [-0.2, -0.15) is 0 Å². The van der Waals surface area contributed by atoms with Crippen molar-refractivity contribution in [2.75, 3.05) is 7.11 Å². The number of amides is 1. The van der Waals surface area contributed by atoms with Crippen LogP contribution in [0.3, 0.4) is 0 Å². The quantitative estimate of drug-likeness (QED) is 0.345. The lowest BCUT2D eigenvalue weighted by atomic mass is 9.80. The van der Waals surface area contributed by atoms with Crippen molar-refractivity contribution in [1.82, 2.24) is 15.3 Å². The van der Waals surface area contributed by atoms with Gasteiger partial charge in [-0.25, -0.2) is 9.78 Å². The zero-order valence-electron chi connectivity index (χ0n) is 23.1. The summed E-state index contributed by atoms with van der Waals surface area (Å²) < 4.78 is 16.9. The summed E-state index contributed by atoms with van der Waals surface area (Å²) in [6.45, 7) is 5.73. The molecule has 3 N–H and O–H groups in total. The number of aliphatic hydroxyl groups excluding tert-OH is 2. The monoisotopic (exact) mass is 537 g/mol. The zero-order valence-corrected chi connectivity index (χ0v) is 23.1. The van der Waals surface area contributed by atoms with Crippen molar-refractivity contribution in [1.29, 1.82) is 0 Å². The van der Waals surface area contributed by atoms with Crippen LogP contribution in [-0.4, -0.2) is 51.1 Å². The van der Waals surface area contributed by atoms with Gasteiger partial charge in [-0.05, 0) is 57.6 Å². The van der Waals surface area contributed by atoms with E-state index in [0.717, 1.165) is 31.2 Å². The predicted octanol–water partition coefficient (Wildman–Crippen LogP) is 5.09. The van der Waals surface area contributed by atoms with Gasteiger partial charge in [0.2, 0.25) is 5.88 Å². The summed E-state index contributed by atoms with van der Waals surface area (Å²) in [5.41, 5.74) is 1.66. The van der Waals surface area contributed by atoms with E-state index < -0.39 is 23.9 Å². The molecule has 2 aromatic heterocycles. The Morgan fingerprint density at radius 2 is 1.85 bits per heavy atom. The number of nitrogens with zero attached hydrogens (tertiary/aromatic N) is 2. The number of alkyl carbamates (subject to hydrolysis) is 1. The number of methoxy groups -OCH3 is 1. The van der Waals surface area contributed by atoms with Gasteiger partial charge in [0.15, 0.2) is 0 Å². The summed E-state index contributed by atoms with van der Waals surface area (Å²) in [6.07, 6.45) is 2.51. The lowest BCUT2D eigenvalue weighted by molar-refractivity contribution is -0.00551. The molecule has 4 atom stereocenters. The highest BCUT2D eigenvalue weighted by Crippen LogP contribution is 2.37. The van der Waals surface area contributed by atoms with Gasteiger partial charge in [0.1, 0.15) is 29.6 Å². The topological polar surface area (TPSA) is 123 Å². The van der Waals surface area contributed by atoms with Gasteiger partial charge >= 0.3 is 6.09 Å². The fraction of sp³-hybridized carbons (Fsp3) is 0.500. The Morgan fingerprint density at radius 3 is 2.56 bits per heavy atom. The molecule has 39 heavy (non-hydrogen) atoms. The third-order valence-electron chi connectivity index (χ3n) is 6.95. The zero-order chi connectivity index (χ0) is 28.0. The maximum atomic E-state index is 12.5. The highest BCUT2D eigenvalue weighted by molar-refractivity contribution is 5.81. The average molecular weight is 538 g/mol. The van der Waals surface area contributed by atoms with E-state index in [-0.39, 0.29) is 25.0 Å². The summed E-state index contributed by atoms with van der Waals surface area (Å²) in [5, 5.41) is 25.8. The third-order valence-corrected chi connectivity index (χ3v) is 6.95. The van der Waals surface area contributed by atoms with Crippen LogP contribution in [0.4, 0.5) is 4.79 Å². The smallest absolute Gasteiger partial charge is 0.407 e. The summed E-state index contributed by atoms with van der Waals surface area (Å²) in [6, 6.07) is 13.0. The number of ether oxygens (including phenoxy) is 3. The van der Waals surface area contributed by atoms with Crippen molar-refractivity contribution in [2.24, 2.45) is 5.92 Å². The van der Waals surface area contributed by atoms with Gasteiger partial charge < -0.3 is 29.7 Å². The fourth-order valence-electron chi connectivity index (χ4n) is 5.07. The maximum absolute atomic E-state index is 12.5. The van der Waals surface area contributed by atoms with Crippen LogP contribution in [0.2, 0.25) is 0 Å². The van der Waals surface area contributed by atoms with E-state index in [1.807, 2.05) is 51.1 Å². The highest BCUT2D eigenvalue weighted by Gasteiger charge is 2.34. The summed E-state index contributed by atoms with van der Waals surface area (Å²) in [5.74, 6) is 0.673. The molecule has 3 aromatic rings. The molecule has 1 fully saturated rings. The second-order valence-corrected chi connectivity index (χ2v) is 11.1. The molecule has 1 aliphatic carbocycles. The molecular weight excluding hydrogens is 498 g/mol. The second kappa shape index (κ2) is 12.6. The standard InChI is InChI=1S/C30H39N3O6/c1-30(2,3)39-29(36)32-21-13-9-8-12-20(21)16-23(34)28(35)26-24(38-18-19-10-6-5-7-11-19)17-31-22-14-15-25(37-4)33-27(22)26/h5-7,10-11,14-15,17,20-21,23,28,34-35H,8-9,12-13,16,18H2,1-4H3,(H,32,36). The van der Waals surface area contributed by atoms with Crippen molar-refractivity contribution < 1.29 is 29.2 Å². The SMILES string of the molecule is COc1ccc2ncc(OCc3ccccc3)c(C(O)C(O)CC3CCCCC3NC(=O)OC(C)(C)C)c2n1. The van der Waals surface area contributed by atoms with E-state index in [2.05, 4.69) is 15.3 Å². The van der Waals surface area contributed by atoms with Gasteiger partial charge in [0.25, 0.3) is 0 Å². The number of nitrogens with one attached hydrogen (secondary N) is 1. The molecule has 2 heterocycles. The molecule has 0 aliphatic heterocycles. The Morgan fingerprint density at radius 1 is 1.10 bits per heavy atom. The first-order chi connectivity index (χ1) is 18.6. The molecule has 1 saturated carbocycles. The number of carbonyl (C=O) groups excluding carboxylic acids is 1. The van der Waals surface area contributed by atoms with Crippen LogP contribution < -0.4 is 14.8 Å².